The molecule has 0 spiro atoms. The van der Waals surface area contributed by atoms with E-state index in [1.54, 1.807) is 6.07 Å². The summed E-state index contributed by atoms with van der Waals surface area (Å²) in [4.78, 5) is 5.17. The molecule has 4 nitrogen and oxygen atoms in total. The molecule has 1 heterocycles. The minimum absolute atomic E-state index is 0.222. The largest absolute Gasteiger partial charge is 0.508 e. The van der Waals surface area contributed by atoms with Gasteiger partial charge in [-0.25, -0.2) is 0 Å². The monoisotopic (exact) mass is 346 g/mol. The van der Waals surface area contributed by atoms with Crippen molar-refractivity contribution >= 4 is 0 Å². The van der Waals surface area contributed by atoms with E-state index in [4.69, 9.17) is 0 Å². The van der Waals surface area contributed by atoms with Crippen LogP contribution in [0.5, 0.6) is 11.5 Å². The molecule has 3 rings (SSSR count). The van der Waals surface area contributed by atoms with Gasteiger partial charge < -0.3 is 15.1 Å². The molecule has 1 aromatic carbocycles. The Hall–Kier alpha value is -1.26. The number of hydrogen-bond acceptors (Lipinski definition) is 4. The van der Waals surface area contributed by atoms with E-state index in [1.807, 2.05) is 0 Å². The Kier molecular flexibility index (Phi) is 5.90. The van der Waals surface area contributed by atoms with E-state index in [0.29, 0.717) is 12.0 Å². The molecule has 2 unspecified atom stereocenters. The Labute approximate surface area is 152 Å². The van der Waals surface area contributed by atoms with Crippen molar-refractivity contribution < 1.29 is 10.2 Å². The van der Waals surface area contributed by atoms with Gasteiger partial charge in [-0.15, -0.1) is 0 Å². The van der Waals surface area contributed by atoms with E-state index in [2.05, 4.69) is 36.6 Å². The zero-order valence-corrected chi connectivity index (χ0v) is 16.0. The van der Waals surface area contributed by atoms with Crippen molar-refractivity contribution in [2.45, 2.75) is 64.3 Å². The molecule has 25 heavy (non-hydrogen) atoms. The van der Waals surface area contributed by atoms with Gasteiger partial charge in [0, 0.05) is 44.2 Å². The topological polar surface area (TPSA) is 46.9 Å². The lowest BCUT2D eigenvalue weighted by Crippen LogP contribution is -2.52. The minimum Gasteiger partial charge on any atom is -0.508 e. The summed E-state index contributed by atoms with van der Waals surface area (Å²) in [5, 5.41) is 20.7. The molecule has 0 amide bonds. The van der Waals surface area contributed by atoms with Gasteiger partial charge in [0.2, 0.25) is 0 Å². The number of likely N-dealkylation sites (N-methyl/N-ethyl adjacent to an activating group) is 1. The zero-order valence-electron chi connectivity index (χ0n) is 16.0. The maximum absolute atomic E-state index is 10.6. The smallest absolute Gasteiger partial charge is 0.122 e. The molecule has 1 saturated heterocycles. The molecule has 1 saturated carbocycles. The Bertz CT molecular complexity index is 580. The van der Waals surface area contributed by atoms with Crippen LogP contribution in [0, 0.1) is 0 Å². The van der Waals surface area contributed by atoms with Crippen molar-refractivity contribution in [3.63, 3.8) is 0 Å². The summed E-state index contributed by atoms with van der Waals surface area (Å²) >= 11 is 0. The van der Waals surface area contributed by atoms with Gasteiger partial charge in [-0.05, 0) is 42.5 Å². The predicted octanol–water partition coefficient (Wildman–Crippen LogP) is 3.88. The van der Waals surface area contributed by atoms with Crippen LogP contribution < -0.4 is 0 Å². The first-order chi connectivity index (χ1) is 12.0. The van der Waals surface area contributed by atoms with Crippen molar-refractivity contribution in [1.29, 1.82) is 0 Å². The van der Waals surface area contributed by atoms with E-state index in [9.17, 15) is 10.2 Å². The van der Waals surface area contributed by atoms with Crippen LogP contribution in [0.25, 0.3) is 0 Å². The quantitative estimate of drug-likeness (QED) is 0.868. The van der Waals surface area contributed by atoms with E-state index < -0.39 is 0 Å². The third-order valence-corrected chi connectivity index (χ3v) is 6.25. The second kappa shape index (κ2) is 7.96. The summed E-state index contributed by atoms with van der Waals surface area (Å²) in [7, 11) is 0. The van der Waals surface area contributed by atoms with Gasteiger partial charge in [0.1, 0.15) is 11.5 Å². The second-order valence-corrected chi connectivity index (χ2v) is 8.05. The molecule has 0 aromatic heterocycles. The van der Waals surface area contributed by atoms with Gasteiger partial charge in [0.05, 0.1) is 0 Å². The average molecular weight is 347 g/mol. The molecule has 2 fully saturated rings. The van der Waals surface area contributed by atoms with Gasteiger partial charge in [-0.1, -0.05) is 33.6 Å². The van der Waals surface area contributed by atoms with E-state index in [1.165, 1.54) is 19.3 Å². The Morgan fingerprint density at radius 3 is 2.32 bits per heavy atom. The summed E-state index contributed by atoms with van der Waals surface area (Å²) in [5.41, 5.74) is 2.00. The van der Waals surface area contributed by atoms with Crippen molar-refractivity contribution in [3.8, 4) is 11.5 Å². The molecular weight excluding hydrogens is 312 g/mol. The molecular formula is C21H34N2O2. The molecule has 0 bridgehead atoms. The molecule has 2 aliphatic rings. The minimum atomic E-state index is 0.222. The van der Waals surface area contributed by atoms with Gasteiger partial charge in [-0.3, -0.25) is 4.90 Å². The third kappa shape index (κ3) is 3.95. The number of benzene rings is 1. The molecule has 140 valence electrons. The van der Waals surface area contributed by atoms with Crippen LogP contribution in [0.3, 0.4) is 0 Å². The first kappa shape index (κ1) is 18.5. The second-order valence-electron chi connectivity index (χ2n) is 8.05. The summed E-state index contributed by atoms with van der Waals surface area (Å²) in [6.07, 6.45) is 4.86. The summed E-state index contributed by atoms with van der Waals surface area (Å²) < 4.78 is 0. The highest BCUT2D eigenvalue weighted by molar-refractivity contribution is 5.48. The van der Waals surface area contributed by atoms with Crippen LogP contribution in [0.1, 0.15) is 69.4 Å². The highest BCUT2D eigenvalue weighted by Crippen LogP contribution is 2.43. The summed E-state index contributed by atoms with van der Waals surface area (Å²) in [6.45, 7) is 12.1. The number of hydrogen-bond donors (Lipinski definition) is 2. The van der Waals surface area contributed by atoms with Crippen LogP contribution in [0.15, 0.2) is 12.1 Å². The molecule has 1 aromatic rings. The Morgan fingerprint density at radius 1 is 1.00 bits per heavy atom. The number of nitrogens with zero attached hydrogens (tertiary/aromatic N) is 2. The third-order valence-electron chi connectivity index (χ3n) is 6.25. The number of phenols is 2. The first-order valence-corrected chi connectivity index (χ1v) is 10.0. The lowest BCUT2D eigenvalue weighted by Gasteiger charge is -2.44. The standard InChI is InChI=1S/C21H34N2O2/c1-4-22-9-11-23(12-10-22)19-8-6-5-7-16(19)18-13-17(15(2)3)20(24)14-21(18)25/h13-16,19,24-25H,4-12H2,1-3H3. The molecule has 4 heteroatoms. The van der Waals surface area contributed by atoms with E-state index in [0.717, 1.165) is 50.3 Å². The molecule has 1 aliphatic heterocycles. The lowest BCUT2D eigenvalue weighted by molar-refractivity contribution is 0.0700. The van der Waals surface area contributed by atoms with Gasteiger partial charge >= 0.3 is 0 Å². The highest BCUT2D eigenvalue weighted by Gasteiger charge is 2.34. The maximum atomic E-state index is 10.6. The normalized spacial score (nSPS) is 26.2. The molecule has 2 N–H and O–H groups in total. The fraction of sp³-hybridized carbons (Fsp3) is 0.714. The Balaban J connectivity index is 1.85. The van der Waals surface area contributed by atoms with Crippen molar-refractivity contribution in [2.75, 3.05) is 32.7 Å². The van der Waals surface area contributed by atoms with Gasteiger partial charge in [0.25, 0.3) is 0 Å². The van der Waals surface area contributed by atoms with Gasteiger partial charge in [-0.2, -0.15) is 0 Å². The number of rotatable bonds is 4. The summed E-state index contributed by atoms with van der Waals surface area (Å²) in [5.74, 6) is 1.13. The van der Waals surface area contributed by atoms with Crippen molar-refractivity contribution in [3.05, 3.63) is 23.3 Å². The van der Waals surface area contributed by atoms with Crippen LogP contribution in [0.2, 0.25) is 0 Å². The van der Waals surface area contributed by atoms with Gasteiger partial charge in [0.15, 0.2) is 0 Å². The highest BCUT2D eigenvalue weighted by atomic mass is 16.3. The van der Waals surface area contributed by atoms with E-state index in [-0.39, 0.29) is 17.4 Å². The maximum Gasteiger partial charge on any atom is 0.122 e. The van der Waals surface area contributed by atoms with Crippen molar-refractivity contribution in [1.82, 2.24) is 9.80 Å². The fourth-order valence-electron chi connectivity index (χ4n) is 4.69. The van der Waals surface area contributed by atoms with Crippen molar-refractivity contribution in [2.24, 2.45) is 0 Å². The molecule has 2 atom stereocenters. The fourth-order valence-corrected chi connectivity index (χ4v) is 4.69. The molecule has 0 radical (unpaired) electrons. The SMILES string of the molecule is CCN1CCN(C2CCCCC2c2cc(C(C)C)c(O)cc2O)CC1. The number of piperazine rings is 1. The number of aromatic hydroxyl groups is 2. The Morgan fingerprint density at radius 2 is 1.68 bits per heavy atom. The van der Waals surface area contributed by atoms with Crippen LogP contribution in [-0.2, 0) is 0 Å². The summed E-state index contributed by atoms with van der Waals surface area (Å²) in [6, 6.07) is 4.15. The van der Waals surface area contributed by atoms with Crippen LogP contribution in [0.4, 0.5) is 0 Å². The average Bonchev–Trinajstić information content (AvgIpc) is 2.62. The molecule has 1 aliphatic carbocycles. The predicted molar refractivity (Wildman–Crippen MR) is 103 cm³/mol. The lowest BCUT2D eigenvalue weighted by atomic mass is 9.77. The van der Waals surface area contributed by atoms with Crippen LogP contribution >= 0.6 is 0 Å². The number of phenolic OH excluding ortho intramolecular Hbond substituents is 2. The first-order valence-electron chi connectivity index (χ1n) is 10.0. The zero-order chi connectivity index (χ0) is 18.0. The van der Waals surface area contributed by atoms with E-state index >= 15 is 0 Å². The van der Waals surface area contributed by atoms with Crippen LogP contribution in [-0.4, -0.2) is 58.8 Å².